The second-order valence-corrected chi connectivity index (χ2v) is 9.10. The monoisotopic (exact) mass is 449 g/mol. The van der Waals surface area contributed by atoms with Crippen LogP contribution in [0, 0.1) is 12.7 Å². The fourth-order valence-electron chi connectivity index (χ4n) is 4.87. The Balaban J connectivity index is 1.33. The normalized spacial score (nSPS) is 17.5. The van der Waals surface area contributed by atoms with Crippen LogP contribution in [0.15, 0.2) is 52.0 Å². The number of aryl methyl sites for hydroxylation is 2. The Bertz CT molecular complexity index is 1240. The molecule has 1 aliphatic heterocycles. The van der Waals surface area contributed by atoms with Gasteiger partial charge in [0.15, 0.2) is 0 Å². The highest BCUT2D eigenvalue weighted by atomic mass is 19.1. The van der Waals surface area contributed by atoms with Crippen molar-refractivity contribution in [2.75, 3.05) is 0 Å². The summed E-state index contributed by atoms with van der Waals surface area (Å²) in [5.41, 5.74) is 6.45. The molecule has 1 aromatic heterocycles. The number of fused-ring (bicyclic) bond motifs is 2. The van der Waals surface area contributed by atoms with Gasteiger partial charge in [-0.1, -0.05) is 18.6 Å². The number of hydrogen-bond donors (Lipinski definition) is 2. The van der Waals surface area contributed by atoms with Crippen LogP contribution in [-0.4, -0.2) is 11.6 Å². The van der Waals surface area contributed by atoms with Gasteiger partial charge in [0.05, 0.1) is 0 Å². The van der Waals surface area contributed by atoms with Gasteiger partial charge < -0.3 is 14.5 Å². The summed E-state index contributed by atoms with van der Waals surface area (Å²) >= 11 is 0. The molecule has 1 fully saturated rings. The van der Waals surface area contributed by atoms with Crippen LogP contribution in [0.25, 0.3) is 11.0 Å². The Labute approximate surface area is 191 Å². The molecule has 2 aliphatic rings. The second-order valence-electron chi connectivity index (χ2n) is 9.10. The van der Waals surface area contributed by atoms with Gasteiger partial charge in [-0.3, -0.25) is 0 Å². The van der Waals surface area contributed by atoms with E-state index in [1.54, 1.807) is 18.2 Å². The number of carbonyl (C=O) groups is 1. The van der Waals surface area contributed by atoms with Gasteiger partial charge in [-0.2, -0.15) is 0 Å². The highest BCUT2D eigenvalue weighted by molar-refractivity contribution is 5.82. The van der Waals surface area contributed by atoms with Gasteiger partial charge in [0.2, 0.25) is 5.55 Å². The first kappa shape index (κ1) is 21.5. The lowest BCUT2D eigenvalue weighted by atomic mass is 9.79. The summed E-state index contributed by atoms with van der Waals surface area (Å²) in [5.74, 6) is 0.591. The van der Waals surface area contributed by atoms with Crippen LogP contribution in [0.3, 0.4) is 0 Å². The number of ether oxygens (including phenoxy) is 1. The van der Waals surface area contributed by atoms with Crippen molar-refractivity contribution in [3.8, 4) is 5.75 Å². The van der Waals surface area contributed by atoms with Crippen molar-refractivity contribution in [1.29, 1.82) is 0 Å². The summed E-state index contributed by atoms with van der Waals surface area (Å²) in [5, 5.41) is 7.82. The molecule has 2 N–H and O–H groups in total. The molecule has 172 valence electrons. The fourth-order valence-corrected chi connectivity index (χ4v) is 4.87. The van der Waals surface area contributed by atoms with Crippen molar-refractivity contribution in [3.05, 3.63) is 70.5 Å². The summed E-state index contributed by atoms with van der Waals surface area (Å²) in [6.07, 6.45) is 8.08. The summed E-state index contributed by atoms with van der Waals surface area (Å²) in [4.78, 5) is 12.1. The average Bonchev–Trinajstić information content (AvgIpc) is 2.82. The van der Waals surface area contributed by atoms with Crippen LogP contribution in [-0.2, 0) is 13.0 Å². The second kappa shape index (κ2) is 8.89. The lowest BCUT2D eigenvalue weighted by molar-refractivity contribution is 0.0109. The molecule has 1 aliphatic carbocycles. The summed E-state index contributed by atoms with van der Waals surface area (Å²) in [7, 11) is 0. The smallest absolute Gasteiger partial charge is 0.335 e. The molecule has 1 saturated carbocycles. The molecule has 2 amide bonds. The molecule has 1 spiro atoms. The van der Waals surface area contributed by atoms with E-state index in [0.717, 1.165) is 47.9 Å². The van der Waals surface area contributed by atoms with Gasteiger partial charge in [-0.25, -0.2) is 14.6 Å². The third-order valence-corrected chi connectivity index (χ3v) is 6.72. The van der Waals surface area contributed by atoms with Gasteiger partial charge in [0, 0.05) is 24.1 Å². The van der Waals surface area contributed by atoms with Gasteiger partial charge in [0.25, 0.3) is 0 Å². The zero-order valence-electron chi connectivity index (χ0n) is 18.7. The number of benzene rings is 2. The molecule has 0 atom stereocenters. The summed E-state index contributed by atoms with van der Waals surface area (Å²) in [6, 6.07) is 11.4. The predicted octanol–water partition coefficient (Wildman–Crippen LogP) is 5.22. The van der Waals surface area contributed by atoms with Crippen molar-refractivity contribution in [2.45, 2.75) is 64.0 Å². The molecule has 0 radical (unpaired) electrons. The molecule has 2 heterocycles. The number of nitrogens with one attached hydrogen (secondary N) is 2. The van der Waals surface area contributed by atoms with E-state index in [9.17, 15) is 9.18 Å². The van der Waals surface area contributed by atoms with Crippen LogP contribution in [0.1, 0.15) is 55.2 Å². The summed E-state index contributed by atoms with van der Waals surface area (Å²) in [6.45, 7) is 2.27. The average molecular weight is 450 g/mol. The first-order chi connectivity index (χ1) is 16.0. The molecule has 0 bridgehead atoms. The number of amides is 2. The van der Waals surface area contributed by atoms with E-state index in [-0.39, 0.29) is 18.0 Å². The van der Waals surface area contributed by atoms with Crippen LogP contribution in [0.2, 0.25) is 0 Å². The number of urea groups is 1. The van der Waals surface area contributed by atoms with Gasteiger partial charge in [-0.05, 0) is 80.3 Å². The zero-order valence-corrected chi connectivity index (χ0v) is 18.7. The summed E-state index contributed by atoms with van der Waals surface area (Å²) < 4.78 is 25.5. The first-order valence-corrected chi connectivity index (χ1v) is 11.6. The fraction of sp³-hybridized carbons (Fsp3) is 0.385. The third kappa shape index (κ3) is 4.72. The van der Waals surface area contributed by atoms with Gasteiger partial charge in [0.1, 0.15) is 22.8 Å². The number of nitrogens with zero attached hydrogens (tertiary/aromatic N) is 1. The van der Waals surface area contributed by atoms with Crippen LogP contribution < -0.4 is 21.0 Å². The first-order valence-electron chi connectivity index (χ1n) is 11.6. The maximum atomic E-state index is 13.0. The topological polar surface area (TPSA) is 75.9 Å². The van der Waals surface area contributed by atoms with Crippen LogP contribution in [0.4, 0.5) is 9.18 Å². The molecule has 3 aromatic rings. The zero-order chi connectivity index (χ0) is 22.8. The highest BCUT2D eigenvalue weighted by Gasteiger charge is 2.37. The molecular formula is C26H28FN3O3. The van der Waals surface area contributed by atoms with Crippen molar-refractivity contribution in [2.24, 2.45) is 5.10 Å². The van der Waals surface area contributed by atoms with Gasteiger partial charge in [-0.15, -0.1) is 5.10 Å². The Kier molecular flexibility index (Phi) is 5.79. The third-order valence-electron chi connectivity index (χ3n) is 6.72. The number of hydrogen-bond acceptors (Lipinski definition) is 4. The number of carbonyl (C=O) groups excluding carboxylic acids is 1. The molecule has 0 saturated heterocycles. The Morgan fingerprint density at radius 2 is 1.88 bits per heavy atom. The van der Waals surface area contributed by atoms with Crippen LogP contribution in [0.5, 0.6) is 5.75 Å². The van der Waals surface area contributed by atoms with Crippen LogP contribution >= 0.6 is 0 Å². The molecule has 7 heteroatoms. The minimum Gasteiger partial charge on any atom is -0.487 e. The predicted molar refractivity (Wildman–Crippen MR) is 123 cm³/mol. The SMILES string of the molecule is Cc1cc(=NNC(=O)NCc2ccc(F)cc2)oc2cc3c(cc12)CCC1(CCCCC1)O3. The minimum absolute atomic E-state index is 0.0277. The molecule has 33 heavy (non-hydrogen) atoms. The lowest BCUT2D eigenvalue weighted by Crippen LogP contribution is -2.41. The standard InChI is InChI=1S/C26H28FN3O3/c1-17-13-24(29-30-25(31)28-16-18-5-7-20(27)8-6-18)32-23-15-22-19(14-21(17)23)9-12-26(33-22)10-3-2-4-11-26/h5-8,13-15H,2-4,9-12,16H2,1H3,(H2,28,30,31). The van der Waals surface area contributed by atoms with Crippen molar-refractivity contribution >= 4 is 17.0 Å². The Morgan fingerprint density at radius 3 is 2.67 bits per heavy atom. The van der Waals surface area contributed by atoms with E-state index in [2.05, 4.69) is 21.9 Å². The quantitative estimate of drug-likeness (QED) is 0.538. The van der Waals surface area contributed by atoms with E-state index >= 15 is 0 Å². The highest BCUT2D eigenvalue weighted by Crippen LogP contribution is 2.43. The van der Waals surface area contributed by atoms with Crippen molar-refractivity contribution in [1.82, 2.24) is 10.7 Å². The van der Waals surface area contributed by atoms with E-state index in [0.29, 0.717) is 11.1 Å². The van der Waals surface area contributed by atoms with E-state index in [4.69, 9.17) is 9.15 Å². The molecule has 2 aromatic carbocycles. The van der Waals surface area contributed by atoms with Gasteiger partial charge >= 0.3 is 6.03 Å². The number of halogens is 1. The maximum Gasteiger partial charge on any atom is 0.335 e. The van der Waals surface area contributed by atoms with E-state index in [1.807, 2.05) is 13.0 Å². The Morgan fingerprint density at radius 1 is 1.09 bits per heavy atom. The van der Waals surface area contributed by atoms with E-state index < -0.39 is 6.03 Å². The molecule has 5 rings (SSSR count). The Hall–Kier alpha value is -3.35. The van der Waals surface area contributed by atoms with Crippen molar-refractivity contribution < 1.29 is 18.3 Å². The van der Waals surface area contributed by atoms with Crippen molar-refractivity contribution in [3.63, 3.8) is 0 Å². The maximum absolute atomic E-state index is 13.0. The molecule has 0 unspecified atom stereocenters. The minimum atomic E-state index is -0.472. The molecule has 6 nitrogen and oxygen atoms in total. The molecular weight excluding hydrogens is 421 g/mol. The largest absolute Gasteiger partial charge is 0.487 e. The number of rotatable bonds is 3. The van der Waals surface area contributed by atoms with E-state index in [1.165, 1.54) is 37.0 Å². The lowest BCUT2D eigenvalue weighted by Gasteiger charge is -2.41.